The Kier molecular flexibility index (Phi) is 6.42. The minimum absolute atomic E-state index is 0.0239. The van der Waals surface area contributed by atoms with E-state index in [1.807, 2.05) is 27.7 Å². The summed E-state index contributed by atoms with van der Waals surface area (Å²) in [6.07, 6.45) is 3.31. The maximum Gasteiger partial charge on any atom is 0.246 e. The van der Waals surface area contributed by atoms with Gasteiger partial charge >= 0.3 is 0 Å². The van der Waals surface area contributed by atoms with Crippen molar-refractivity contribution in [2.24, 2.45) is 0 Å². The third-order valence-corrected chi connectivity index (χ3v) is 5.41. The van der Waals surface area contributed by atoms with E-state index >= 15 is 0 Å². The van der Waals surface area contributed by atoms with Gasteiger partial charge in [-0.25, -0.2) is 13.4 Å². The molecule has 1 aromatic heterocycles. The molecule has 0 bridgehead atoms. The summed E-state index contributed by atoms with van der Waals surface area (Å²) in [7, 11) is -3.52. The van der Waals surface area contributed by atoms with Gasteiger partial charge in [-0.3, -0.25) is 0 Å². The molecule has 0 saturated carbocycles. The van der Waals surface area contributed by atoms with Crippen molar-refractivity contribution < 1.29 is 8.42 Å². The van der Waals surface area contributed by atoms with E-state index in [4.69, 9.17) is 0 Å². The number of anilines is 1. The highest BCUT2D eigenvalue weighted by molar-refractivity contribution is 7.89. The van der Waals surface area contributed by atoms with Crippen LogP contribution in [-0.4, -0.2) is 36.8 Å². The van der Waals surface area contributed by atoms with Crippen molar-refractivity contribution in [2.75, 3.05) is 18.4 Å². The highest BCUT2D eigenvalue weighted by atomic mass is 32.2. The van der Waals surface area contributed by atoms with Gasteiger partial charge in [0.05, 0.1) is 0 Å². The highest BCUT2D eigenvalue weighted by Crippen LogP contribution is 2.24. The Bertz CT molecular complexity index is 517. The molecule has 6 heteroatoms. The average molecular weight is 299 g/mol. The minimum Gasteiger partial charge on any atom is -0.369 e. The van der Waals surface area contributed by atoms with Gasteiger partial charge in [0.2, 0.25) is 10.0 Å². The van der Waals surface area contributed by atoms with Crippen molar-refractivity contribution in [3.8, 4) is 0 Å². The SMILES string of the molecule is CCCNc1ncccc1S(=O)(=O)N(CC)C(C)CC. The molecule has 0 aliphatic rings. The zero-order valence-corrected chi connectivity index (χ0v) is 13.6. The first-order valence-electron chi connectivity index (χ1n) is 7.19. The van der Waals surface area contributed by atoms with Gasteiger partial charge in [-0.15, -0.1) is 0 Å². The first-order valence-corrected chi connectivity index (χ1v) is 8.63. The fourth-order valence-electron chi connectivity index (χ4n) is 2.02. The van der Waals surface area contributed by atoms with Crippen molar-refractivity contribution in [2.45, 2.75) is 51.5 Å². The summed E-state index contributed by atoms with van der Waals surface area (Å²) < 4.78 is 27.1. The molecule has 1 N–H and O–H groups in total. The van der Waals surface area contributed by atoms with E-state index in [0.29, 0.717) is 18.9 Å². The van der Waals surface area contributed by atoms with Crippen molar-refractivity contribution in [3.63, 3.8) is 0 Å². The lowest BCUT2D eigenvalue weighted by Crippen LogP contribution is -2.38. The van der Waals surface area contributed by atoms with Crippen LogP contribution in [0.15, 0.2) is 23.2 Å². The molecule has 0 radical (unpaired) electrons. The van der Waals surface area contributed by atoms with Crippen LogP contribution in [-0.2, 0) is 10.0 Å². The first-order chi connectivity index (χ1) is 9.48. The van der Waals surface area contributed by atoms with Crippen molar-refractivity contribution in [3.05, 3.63) is 18.3 Å². The predicted octanol–water partition coefficient (Wildman–Crippen LogP) is 2.71. The summed E-state index contributed by atoms with van der Waals surface area (Å²) >= 11 is 0. The molecule has 0 spiro atoms. The van der Waals surface area contributed by atoms with E-state index in [-0.39, 0.29) is 10.9 Å². The van der Waals surface area contributed by atoms with Gasteiger partial charge in [0.1, 0.15) is 10.7 Å². The quantitative estimate of drug-likeness (QED) is 0.801. The molecule has 20 heavy (non-hydrogen) atoms. The van der Waals surface area contributed by atoms with Gasteiger partial charge in [-0.05, 0) is 31.9 Å². The number of nitrogens with zero attached hydrogens (tertiary/aromatic N) is 2. The molecule has 0 aromatic carbocycles. The molecule has 114 valence electrons. The van der Waals surface area contributed by atoms with Crippen molar-refractivity contribution in [1.82, 2.24) is 9.29 Å². The lowest BCUT2D eigenvalue weighted by Gasteiger charge is -2.27. The molecule has 0 aliphatic heterocycles. The van der Waals surface area contributed by atoms with E-state index in [9.17, 15) is 8.42 Å². The van der Waals surface area contributed by atoms with Gasteiger partial charge in [0.25, 0.3) is 0 Å². The molecular formula is C14H25N3O2S. The van der Waals surface area contributed by atoms with Gasteiger partial charge < -0.3 is 5.32 Å². The lowest BCUT2D eigenvalue weighted by molar-refractivity contribution is 0.342. The predicted molar refractivity (Wildman–Crippen MR) is 82.3 cm³/mol. The normalized spacial score (nSPS) is 13.4. The third kappa shape index (κ3) is 3.70. The summed E-state index contributed by atoms with van der Waals surface area (Å²) in [5, 5.41) is 3.09. The summed E-state index contributed by atoms with van der Waals surface area (Å²) in [5.41, 5.74) is 0. The van der Waals surface area contributed by atoms with Gasteiger partial charge in [-0.1, -0.05) is 20.8 Å². The zero-order chi connectivity index (χ0) is 15.2. The number of hydrogen-bond acceptors (Lipinski definition) is 4. The van der Waals surface area contributed by atoms with Crippen molar-refractivity contribution >= 4 is 15.8 Å². The van der Waals surface area contributed by atoms with E-state index in [2.05, 4.69) is 10.3 Å². The van der Waals surface area contributed by atoms with Gasteiger partial charge in [-0.2, -0.15) is 4.31 Å². The molecule has 5 nitrogen and oxygen atoms in total. The van der Waals surface area contributed by atoms with Crippen LogP contribution in [0.1, 0.15) is 40.5 Å². The maximum atomic E-state index is 12.8. The molecule has 0 saturated heterocycles. The van der Waals surface area contributed by atoms with Gasteiger partial charge in [0.15, 0.2) is 0 Å². The second kappa shape index (κ2) is 7.59. The van der Waals surface area contributed by atoms with Crippen LogP contribution in [0.25, 0.3) is 0 Å². The van der Waals surface area contributed by atoms with Crippen LogP contribution in [0.3, 0.4) is 0 Å². The molecule has 1 aromatic rings. The van der Waals surface area contributed by atoms with E-state index in [0.717, 1.165) is 12.8 Å². The Morgan fingerprint density at radius 3 is 2.60 bits per heavy atom. The van der Waals surface area contributed by atoms with E-state index < -0.39 is 10.0 Å². The zero-order valence-electron chi connectivity index (χ0n) is 12.8. The number of rotatable bonds is 8. The summed E-state index contributed by atoms with van der Waals surface area (Å²) in [6, 6.07) is 3.25. The molecule has 1 atom stereocenters. The minimum atomic E-state index is -3.52. The molecular weight excluding hydrogens is 274 g/mol. The lowest BCUT2D eigenvalue weighted by atomic mass is 10.3. The van der Waals surface area contributed by atoms with Crippen LogP contribution in [0.4, 0.5) is 5.82 Å². The van der Waals surface area contributed by atoms with E-state index in [1.165, 1.54) is 4.31 Å². The smallest absolute Gasteiger partial charge is 0.246 e. The Balaban J connectivity index is 3.20. The monoisotopic (exact) mass is 299 g/mol. The summed E-state index contributed by atoms with van der Waals surface area (Å²) in [4.78, 5) is 4.43. The molecule has 0 aliphatic carbocycles. The number of hydrogen-bond donors (Lipinski definition) is 1. The second-order valence-electron chi connectivity index (χ2n) is 4.74. The molecule has 0 fully saturated rings. The topological polar surface area (TPSA) is 62.3 Å². The second-order valence-corrected chi connectivity index (χ2v) is 6.60. The van der Waals surface area contributed by atoms with Gasteiger partial charge in [0, 0.05) is 25.3 Å². The Morgan fingerprint density at radius 1 is 1.35 bits per heavy atom. The number of sulfonamides is 1. The van der Waals surface area contributed by atoms with Crippen LogP contribution < -0.4 is 5.32 Å². The van der Waals surface area contributed by atoms with E-state index in [1.54, 1.807) is 18.3 Å². The van der Waals surface area contributed by atoms with Crippen LogP contribution in [0.5, 0.6) is 0 Å². The third-order valence-electron chi connectivity index (χ3n) is 3.29. The number of pyridine rings is 1. The molecule has 1 unspecified atom stereocenters. The highest BCUT2D eigenvalue weighted by Gasteiger charge is 2.29. The number of aromatic nitrogens is 1. The van der Waals surface area contributed by atoms with Crippen LogP contribution in [0, 0.1) is 0 Å². The van der Waals surface area contributed by atoms with Crippen molar-refractivity contribution in [1.29, 1.82) is 0 Å². The average Bonchev–Trinajstić information content (AvgIpc) is 2.45. The number of nitrogens with one attached hydrogen (secondary N) is 1. The van der Waals surface area contributed by atoms with Crippen LogP contribution >= 0.6 is 0 Å². The Hall–Kier alpha value is -1.14. The Morgan fingerprint density at radius 2 is 2.05 bits per heavy atom. The molecule has 1 heterocycles. The molecule has 0 amide bonds. The Labute approximate surface area is 122 Å². The first kappa shape index (κ1) is 16.9. The maximum absolute atomic E-state index is 12.8. The standard InChI is InChI=1S/C14H25N3O2S/c1-5-10-15-14-13(9-8-11-16-14)20(18,19)17(7-3)12(4)6-2/h8-9,11-12H,5-7,10H2,1-4H3,(H,15,16). The fraction of sp³-hybridized carbons (Fsp3) is 0.643. The largest absolute Gasteiger partial charge is 0.369 e. The fourth-order valence-corrected chi connectivity index (χ4v) is 3.86. The summed E-state index contributed by atoms with van der Waals surface area (Å²) in [6.45, 7) is 8.97. The summed E-state index contributed by atoms with van der Waals surface area (Å²) in [5.74, 6) is 0.441. The molecule has 1 rings (SSSR count). The van der Waals surface area contributed by atoms with Crippen LogP contribution in [0.2, 0.25) is 0 Å².